The first kappa shape index (κ1) is 13.3. The van der Waals surface area contributed by atoms with Crippen LogP contribution >= 0.6 is 0 Å². The van der Waals surface area contributed by atoms with E-state index in [0.717, 1.165) is 12.0 Å². The lowest BCUT2D eigenvalue weighted by atomic mass is 9.70. The van der Waals surface area contributed by atoms with E-state index in [2.05, 4.69) is 12.1 Å². The fraction of sp³-hybridized carbons (Fsp3) is 0.294. The number of aliphatic hydroxyl groups is 1. The molecule has 3 unspecified atom stereocenters. The number of halogens is 1. The van der Waals surface area contributed by atoms with Crippen LogP contribution in [0.3, 0.4) is 0 Å². The highest BCUT2D eigenvalue weighted by Gasteiger charge is 2.36. The fourth-order valence-electron chi connectivity index (χ4n) is 3.07. The molecule has 0 heterocycles. The average Bonchev–Trinajstić information content (AvgIpc) is 2.43. The largest absolute Gasteiger partial charge is 0.392 e. The first-order chi connectivity index (χ1) is 9.70. The summed E-state index contributed by atoms with van der Waals surface area (Å²) in [7, 11) is 0. The van der Waals surface area contributed by atoms with Gasteiger partial charge < -0.3 is 10.8 Å². The molecule has 3 N–H and O–H groups in total. The zero-order valence-corrected chi connectivity index (χ0v) is 11.2. The molecule has 0 spiro atoms. The van der Waals surface area contributed by atoms with Gasteiger partial charge in [0.1, 0.15) is 5.82 Å². The van der Waals surface area contributed by atoms with Gasteiger partial charge in [0.2, 0.25) is 0 Å². The molecule has 1 aliphatic rings. The van der Waals surface area contributed by atoms with E-state index < -0.39 is 6.10 Å². The molecule has 2 nitrogen and oxygen atoms in total. The third-order valence-electron chi connectivity index (χ3n) is 4.27. The van der Waals surface area contributed by atoms with E-state index >= 15 is 0 Å². The van der Waals surface area contributed by atoms with Gasteiger partial charge in [-0.1, -0.05) is 36.4 Å². The Bertz CT molecular complexity index is 596. The summed E-state index contributed by atoms with van der Waals surface area (Å²) in [5.74, 6) is -0.299. The van der Waals surface area contributed by atoms with E-state index in [1.165, 1.54) is 23.3 Å². The van der Waals surface area contributed by atoms with Crippen LogP contribution in [-0.4, -0.2) is 17.8 Å². The monoisotopic (exact) mass is 271 g/mol. The molecule has 20 heavy (non-hydrogen) atoms. The topological polar surface area (TPSA) is 46.2 Å². The van der Waals surface area contributed by atoms with Crippen molar-refractivity contribution in [3.63, 3.8) is 0 Å². The maximum Gasteiger partial charge on any atom is 0.123 e. The normalized spacial score (nSPS) is 19.9. The molecule has 0 aliphatic heterocycles. The Morgan fingerprint density at radius 1 is 1.15 bits per heavy atom. The standard InChI is InChI=1S/C17H18FNO/c18-13-7-5-11(6-8-13)16(10-19)17(20)15-9-12-3-1-2-4-14(12)15/h1-8,15-17,20H,9-10,19H2. The van der Waals surface area contributed by atoms with Crippen molar-refractivity contribution in [2.75, 3.05) is 6.54 Å². The molecule has 3 atom stereocenters. The minimum atomic E-state index is -0.527. The lowest BCUT2D eigenvalue weighted by Crippen LogP contribution is -2.36. The van der Waals surface area contributed by atoms with Crippen LogP contribution in [-0.2, 0) is 6.42 Å². The molecule has 0 saturated heterocycles. The van der Waals surface area contributed by atoms with Crippen molar-refractivity contribution < 1.29 is 9.50 Å². The molecule has 0 aromatic heterocycles. The van der Waals surface area contributed by atoms with Gasteiger partial charge in [0.25, 0.3) is 0 Å². The van der Waals surface area contributed by atoms with Crippen molar-refractivity contribution in [1.29, 1.82) is 0 Å². The Labute approximate surface area is 118 Å². The molecule has 0 bridgehead atoms. The SMILES string of the molecule is NCC(c1ccc(F)cc1)C(O)C1Cc2ccccc21. The lowest BCUT2D eigenvalue weighted by Gasteiger charge is -2.37. The van der Waals surface area contributed by atoms with Crippen LogP contribution in [0, 0.1) is 5.82 Å². The summed E-state index contributed by atoms with van der Waals surface area (Å²) in [6.45, 7) is 0.353. The molecule has 3 heteroatoms. The van der Waals surface area contributed by atoms with Crippen molar-refractivity contribution in [3.05, 3.63) is 71.0 Å². The predicted octanol–water partition coefficient (Wildman–Crippen LogP) is 2.57. The van der Waals surface area contributed by atoms with E-state index in [-0.39, 0.29) is 17.7 Å². The summed E-state index contributed by atoms with van der Waals surface area (Å²) in [4.78, 5) is 0. The number of nitrogens with two attached hydrogens (primary N) is 1. The van der Waals surface area contributed by atoms with Gasteiger partial charge in [0.05, 0.1) is 6.10 Å². The molecule has 3 rings (SSSR count). The number of benzene rings is 2. The van der Waals surface area contributed by atoms with Gasteiger partial charge in [0, 0.05) is 18.4 Å². The molecular formula is C17H18FNO. The second-order valence-corrected chi connectivity index (χ2v) is 5.39. The zero-order valence-electron chi connectivity index (χ0n) is 11.2. The summed E-state index contributed by atoms with van der Waals surface area (Å²) < 4.78 is 13.0. The van der Waals surface area contributed by atoms with Gasteiger partial charge in [-0.15, -0.1) is 0 Å². The molecule has 0 amide bonds. The Morgan fingerprint density at radius 2 is 1.85 bits per heavy atom. The molecular weight excluding hydrogens is 253 g/mol. The number of fused-ring (bicyclic) bond motifs is 1. The van der Waals surface area contributed by atoms with E-state index in [1.807, 2.05) is 12.1 Å². The van der Waals surface area contributed by atoms with Crippen LogP contribution in [0.4, 0.5) is 4.39 Å². The van der Waals surface area contributed by atoms with Crippen molar-refractivity contribution in [3.8, 4) is 0 Å². The van der Waals surface area contributed by atoms with Crippen LogP contribution in [0.25, 0.3) is 0 Å². The summed E-state index contributed by atoms with van der Waals surface area (Å²) in [6, 6.07) is 14.4. The highest BCUT2D eigenvalue weighted by atomic mass is 19.1. The molecule has 1 aliphatic carbocycles. The first-order valence-electron chi connectivity index (χ1n) is 6.92. The summed E-state index contributed by atoms with van der Waals surface area (Å²) in [5.41, 5.74) is 9.23. The van der Waals surface area contributed by atoms with Crippen LogP contribution in [0.5, 0.6) is 0 Å². The number of aliphatic hydroxyl groups excluding tert-OH is 1. The number of hydrogen-bond acceptors (Lipinski definition) is 2. The van der Waals surface area contributed by atoms with Crippen LogP contribution in [0.1, 0.15) is 28.5 Å². The maximum atomic E-state index is 13.0. The second kappa shape index (κ2) is 5.35. The highest BCUT2D eigenvalue weighted by Crippen LogP contribution is 2.41. The summed E-state index contributed by atoms with van der Waals surface area (Å²) in [5, 5.41) is 10.6. The van der Waals surface area contributed by atoms with Gasteiger partial charge in [-0.2, -0.15) is 0 Å². The molecule has 0 saturated carbocycles. The third kappa shape index (κ3) is 2.23. The van der Waals surface area contributed by atoms with Gasteiger partial charge in [-0.25, -0.2) is 4.39 Å². The minimum absolute atomic E-state index is 0.129. The maximum absolute atomic E-state index is 13.0. The average molecular weight is 271 g/mol. The first-order valence-corrected chi connectivity index (χ1v) is 6.92. The van der Waals surface area contributed by atoms with E-state index in [1.54, 1.807) is 12.1 Å². The van der Waals surface area contributed by atoms with Crippen molar-refractivity contribution in [2.24, 2.45) is 5.73 Å². The molecule has 0 radical (unpaired) electrons. The fourth-order valence-corrected chi connectivity index (χ4v) is 3.07. The summed E-state index contributed by atoms with van der Waals surface area (Å²) in [6.07, 6.45) is 0.357. The third-order valence-corrected chi connectivity index (χ3v) is 4.27. The van der Waals surface area contributed by atoms with E-state index in [9.17, 15) is 9.50 Å². The Hall–Kier alpha value is -1.71. The molecule has 2 aromatic rings. The molecule has 0 fully saturated rings. The predicted molar refractivity (Wildman–Crippen MR) is 77.1 cm³/mol. The second-order valence-electron chi connectivity index (χ2n) is 5.39. The number of hydrogen-bond donors (Lipinski definition) is 2. The van der Waals surface area contributed by atoms with E-state index in [4.69, 9.17) is 5.73 Å². The van der Waals surface area contributed by atoms with Gasteiger partial charge in [0.15, 0.2) is 0 Å². The Kier molecular flexibility index (Phi) is 3.55. The van der Waals surface area contributed by atoms with Crippen LogP contribution in [0.2, 0.25) is 0 Å². The smallest absolute Gasteiger partial charge is 0.123 e. The van der Waals surface area contributed by atoms with Crippen molar-refractivity contribution in [2.45, 2.75) is 24.4 Å². The zero-order chi connectivity index (χ0) is 14.1. The van der Waals surface area contributed by atoms with Gasteiger partial charge in [-0.3, -0.25) is 0 Å². The molecule has 104 valence electrons. The van der Waals surface area contributed by atoms with Crippen molar-refractivity contribution >= 4 is 0 Å². The van der Waals surface area contributed by atoms with E-state index in [0.29, 0.717) is 6.54 Å². The molecule has 2 aromatic carbocycles. The Morgan fingerprint density at radius 3 is 2.50 bits per heavy atom. The van der Waals surface area contributed by atoms with Crippen molar-refractivity contribution in [1.82, 2.24) is 0 Å². The number of rotatable bonds is 4. The van der Waals surface area contributed by atoms with Gasteiger partial charge in [-0.05, 0) is 35.2 Å². The minimum Gasteiger partial charge on any atom is -0.392 e. The van der Waals surface area contributed by atoms with Crippen LogP contribution < -0.4 is 5.73 Å². The van der Waals surface area contributed by atoms with Gasteiger partial charge >= 0.3 is 0 Å². The quantitative estimate of drug-likeness (QED) is 0.897. The Balaban J connectivity index is 1.82. The summed E-state index contributed by atoms with van der Waals surface area (Å²) >= 11 is 0. The lowest BCUT2D eigenvalue weighted by molar-refractivity contribution is 0.106. The van der Waals surface area contributed by atoms with Crippen LogP contribution in [0.15, 0.2) is 48.5 Å². The highest BCUT2D eigenvalue weighted by molar-refractivity contribution is 5.42.